The topological polar surface area (TPSA) is 57.9 Å². The van der Waals surface area contributed by atoms with E-state index in [1.165, 1.54) is 0 Å². The average molecular weight is 446 g/mol. The number of ether oxygens (including phenoxy) is 3. The lowest BCUT2D eigenvalue weighted by Gasteiger charge is -2.08. The lowest BCUT2D eigenvalue weighted by Crippen LogP contribution is -1.94. The Hall–Kier alpha value is -2.42. The summed E-state index contributed by atoms with van der Waals surface area (Å²) in [4.78, 5) is 0.832. The van der Waals surface area contributed by atoms with E-state index < -0.39 is 0 Å². The second-order valence-corrected chi connectivity index (χ2v) is 8.46. The molecule has 0 N–H and O–H groups in total. The van der Waals surface area contributed by atoms with Crippen LogP contribution >= 0.6 is 34.7 Å². The van der Waals surface area contributed by atoms with E-state index in [0.717, 1.165) is 49.9 Å². The van der Waals surface area contributed by atoms with Gasteiger partial charge in [0, 0.05) is 16.7 Å². The Morgan fingerprint density at radius 2 is 2.07 bits per heavy atom. The Labute approximate surface area is 180 Å². The van der Waals surface area contributed by atoms with Gasteiger partial charge in [0.1, 0.15) is 5.75 Å². The van der Waals surface area contributed by atoms with Gasteiger partial charge in [-0.1, -0.05) is 29.4 Å². The van der Waals surface area contributed by atoms with Crippen LogP contribution in [-0.2, 0) is 5.75 Å². The zero-order valence-electron chi connectivity index (χ0n) is 15.4. The number of hydrogen-bond acceptors (Lipinski definition) is 7. The van der Waals surface area contributed by atoms with Crippen molar-refractivity contribution in [3.63, 3.8) is 0 Å². The molecule has 0 bridgehead atoms. The summed E-state index contributed by atoms with van der Waals surface area (Å²) >= 11 is 9.70. The zero-order chi connectivity index (χ0) is 19.8. The van der Waals surface area contributed by atoms with Crippen LogP contribution in [0.2, 0.25) is 5.02 Å². The molecule has 0 unspecified atom stereocenters. The molecule has 2 aromatic carbocycles. The fraction of sp³-hybridized carbons (Fsp3) is 0.200. The van der Waals surface area contributed by atoms with Crippen molar-refractivity contribution in [2.75, 3.05) is 13.4 Å². The van der Waals surface area contributed by atoms with Gasteiger partial charge in [0.2, 0.25) is 11.8 Å². The first-order valence-corrected chi connectivity index (χ1v) is 11.2. The van der Waals surface area contributed by atoms with E-state index in [2.05, 4.69) is 15.6 Å². The van der Waals surface area contributed by atoms with Gasteiger partial charge in [0.15, 0.2) is 16.7 Å². The van der Waals surface area contributed by atoms with Gasteiger partial charge in [-0.05, 0) is 42.8 Å². The van der Waals surface area contributed by atoms with Crippen molar-refractivity contribution in [1.82, 2.24) is 14.6 Å². The van der Waals surface area contributed by atoms with E-state index in [-0.39, 0.29) is 6.79 Å². The molecule has 9 heteroatoms. The van der Waals surface area contributed by atoms with Crippen molar-refractivity contribution in [3.05, 3.63) is 52.4 Å². The Bertz CT molecular complexity index is 1190. The summed E-state index contributed by atoms with van der Waals surface area (Å²) in [6.07, 6.45) is 0. The molecule has 0 aliphatic carbocycles. The van der Waals surface area contributed by atoms with Gasteiger partial charge < -0.3 is 14.2 Å². The van der Waals surface area contributed by atoms with Crippen molar-refractivity contribution in [2.45, 2.75) is 17.8 Å². The predicted molar refractivity (Wildman–Crippen MR) is 115 cm³/mol. The largest absolute Gasteiger partial charge is 0.494 e. The van der Waals surface area contributed by atoms with Crippen LogP contribution in [0.1, 0.15) is 12.5 Å². The van der Waals surface area contributed by atoms with Gasteiger partial charge in [-0.2, -0.15) is 0 Å². The molecular weight excluding hydrogens is 430 g/mol. The Kier molecular flexibility index (Phi) is 4.99. The molecule has 0 fully saturated rings. The van der Waals surface area contributed by atoms with Crippen molar-refractivity contribution in [1.29, 1.82) is 0 Å². The molecule has 29 heavy (non-hydrogen) atoms. The first-order chi connectivity index (χ1) is 14.2. The van der Waals surface area contributed by atoms with Gasteiger partial charge in [-0.15, -0.1) is 21.5 Å². The van der Waals surface area contributed by atoms with E-state index in [4.69, 9.17) is 25.8 Å². The summed E-state index contributed by atoms with van der Waals surface area (Å²) in [5.74, 6) is 3.07. The molecule has 2 aromatic heterocycles. The first kappa shape index (κ1) is 18.6. The zero-order valence-corrected chi connectivity index (χ0v) is 17.8. The summed E-state index contributed by atoms with van der Waals surface area (Å²) in [5.41, 5.74) is 3.02. The maximum absolute atomic E-state index is 6.54. The number of benzene rings is 2. The van der Waals surface area contributed by atoms with Gasteiger partial charge in [-0.25, -0.2) is 0 Å². The van der Waals surface area contributed by atoms with Crippen LogP contribution in [0.3, 0.4) is 0 Å². The number of nitrogens with zero attached hydrogens (tertiary/aromatic N) is 3. The molecule has 1 aliphatic rings. The van der Waals surface area contributed by atoms with Crippen molar-refractivity contribution in [3.8, 4) is 28.5 Å². The summed E-state index contributed by atoms with van der Waals surface area (Å²) in [7, 11) is 0. The highest BCUT2D eigenvalue weighted by atomic mass is 35.5. The maximum Gasteiger partial charge on any atom is 0.231 e. The second-order valence-electron chi connectivity index (χ2n) is 6.27. The number of halogens is 1. The van der Waals surface area contributed by atoms with Crippen LogP contribution in [0.15, 0.2) is 46.9 Å². The molecule has 0 atom stereocenters. The summed E-state index contributed by atoms with van der Waals surface area (Å²) in [5, 5.41) is 12.2. The molecule has 0 saturated heterocycles. The Morgan fingerprint density at radius 1 is 1.17 bits per heavy atom. The molecular formula is C20H16ClN3O3S2. The SMILES string of the molecule is CCOc1ccc(-c2csc3nnc(SCc4ccc5c(c4)OCO5)n23)c(Cl)c1. The van der Waals surface area contributed by atoms with E-state index in [1.54, 1.807) is 23.1 Å². The third kappa shape index (κ3) is 3.52. The van der Waals surface area contributed by atoms with E-state index >= 15 is 0 Å². The number of fused-ring (bicyclic) bond motifs is 2. The van der Waals surface area contributed by atoms with E-state index in [9.17, 15) is 0 Å². The smallest absolute Gasteiger partial charge is 0.231 e. The maximum atomic E-state index is 6.54. The average Bonchev–Trinajstić information content (AvgIpc) is 3.43. The fourth-order valence-corrected chi connectivity index (χ4v) is 5.16. The van der Waals surface area contributed by atoms with Gasteiger partial charge in [0.25, 0.3) is 0 Å². The molecule has 148 valence electrons. The third-order valence-corrected chi connectivity index (χ3v) is 6.58. The Morgan fingerprint density at radius 3 is 2.93 bits per heavy atom. The number of aromatic nitrogens is 3. The van der Waals surface area contributed by atoms with E-state index in [1.807, 2.05) is 47.7 Å². The van der Waals surface area contributed by atoms with Gasteiger partial charge in [-0.3, -0.25) is 4.40 Å². The van der Waals surface area contributed by atoms with Crippen LogP contribution in [0.4, 0.5) is 0 Å². The van der Waals surface area contributed by atoms with Crippen LogP contribution in [-0.4, -0.2) is 28.0 Å². The van der Waals surface area contributed by atoms with Crippen LogP contribution < -0.4 is 14.2 Å². The molecule has 0 amide bonds. The third-order valence-electron chi connectivity index (χ3n) is 4.45. The predicted octanol–water partition coefficient (Wildman–Crippen LogP) is 5.53. The van der Waals surface area contributed by atoms with E-state index in [0.29, 0.717) is 11.6 Å². The molecule has 5 rings (SSSR count). The minimum absolute atomic E-state index is 0.276. The highest BCUT2D eigenvalue weighted by Crippen LogP contribution is 2.37. The molecule has 1 aliphatic heterocycles. The Balaban J connectivity index is 1.43. The molecule has 4 aromatic rings. The van der Waals surface area contributed by atoms with Gasteiger partial charge >= 0.3 is 0 Å². The standard InChI is InChI=1S/C20H16ClN3O3S2/c1-2-25-13-4-5-14(15(21)8-13)16-10-29-20-23-22-19(24(16)20)28-9-12-3-6-17-18(7-12)27-11-26-17/h3-8,10H,2,9,11H2,1H3. The first-order valence-electron chi connectivity index (χ1n) is 8.99. The number of hydrogen-bond donors (Lipinski definition) is 0. The molecule has 6 nitrogen and oxygen atoms in total. The monoisotopic (exact) mass is 445 g/mol. The fourth-order valence-electron chi connectivity index (χ4n) is 3.12. The summed E-state index contributed by atoms with van der Waals surface area (Å²) in [6.45, 7) is 2.83. The van der Waals surface area contributed by atoms with Gasteiger partial charge in [0.05, 0.1) is 17.3 Å². The lowest BCUT2D eigenvalue weighted by molar-refractivity contribution is 0.174. The highest BCUT2D eigenvalue weighted by molar-refractivity contribution is 7.98. The molecule has 0 saturated carbocycles. The quantitative estimate of drug-likeness (QED) is 0.363. The summed E-state index contributed by atoms with van der Waals surface area (Å²) in [6, 6.07) is 11.7. The van der Waals surface area contributed by atoms with Crippen LogP contribution in [0.25, 0.3) is 16.2 Å². The van der Waals surface area contributed by atoms with Crippen molar-refractivity contribution < 1.29 is 14.2 Å². The van der Waals surface area contributed by atoms with Crippen molar-refractivity contribution in [2.24, 2.45) is 0 Å². The van der Waals surface area contributed by atoms with Crippen LogP contribution in [0.5, 0.6) is 17.2 Å². The summed E-state index contributed by atoms with van der Waals surface area (Å²) < 4.78 is 18.4. The molecule has 0 radical (unpaired) electrons. The normalized spacial score (nSPS) is 12.6. The number of thiazole rings is 1. The number of thioether (sulfide) groups is 1. The highest BCUT2D eigenvalue weighted by Gasteiger charge is 2.18. The molecule has 3 heterocycles. The van der Waals surface area contributed by atoms with Crippen molar-refractivity contribution >= 4 is 39.7 Å². The number of rotatable bonds is 6. The minimum Gasteiger partial charge on any atom is -0.494 e. The second kappa shape index (κ2) is 7.78. The minimum atomic E-state index is 0.276. The lowest BCUT2D eigenvalue weighted by atomic mass is 10.1. The van der Waals surface area contributed by atoms with Crippen LogP contribution in [0, 0.1) is 0 Å². The molecule has 0 spiro atoms.